The van der Waals surface area contributed by atoms with Crippen molar-refractivity contribution in [3.8, 4) is 0 Å². The molecule has 20 heavy (non-hydrogen) atoms. The standard InChI is InChI=1S/C14H16BrNO4/c1-8-6-16(7-9(2)20-8)13(17)10-3-11(14(18)19)5-12(15)4-10/h3-5,8-9H,6-7H2,1-2H3,(H,18,19). The van der Waals surface area contributed by atoms with Gasteiger partial charge in [-0.3, -0.25) is 4.79 Å². The fourth-order valence-corrected chi connectivity index (χ4v) is 2.86. The third-order valence-corrected chi connectivity index (χ3v) is 3.56. The number of hydrogen-bond acceptors (Lipinski definition) is 3. The first-order chi connectivity index (χ1) is 9.36. The number of rotatable bonds is 2. The van der Waals surface area contributed by atoms with Gasteiger partial charge in [0.25, 0.3) is 5.91 Å². The number of carboxylic acids is 1. The van der Waals surface area contributed by atoms with Gasteiger partial charge in [0.05, 0.1) is 17.8 Å². The van der Waals surface area contributed by atoms with Crippen molar-refractivity contribution < 1.29 is 19.4 Å². The molecular formula is C14H16BrNO4. The summed E-state index contributed by atoms with van der Waals surface area (Å²) in [5.74, 6) is -1.22. The Morgan fingerprint density at radius 2 is 1.75 bits per heavy atom. The average Bonchev–Trinajstić information content (AvgIpc) is 2.35. The van der Waals surface area contributed by atoms with Crippen LogP contribution < -0.4 is 0 Å². The van der Waals surface area contributed by atoms with Crippen LogP contribution in [0.3, 0.4) is 0 Å². The number of carboxylic acid groups (broad SMARTS) is 1. The maximum Gasteiger partial charge on any atom is 0.335 e. The van der Waals surface area contributed by atoms with Crippen molar-refractivity contribution in [2.24, 2.45) is 0 Å². The quantitative estimate of drug-likeness (QED) is 0.896. The Morgan fingerprint density at radius 1 is 1.20 bits per heavy atom. The number of ether oxygens (including phenoxy) is 1. The van der Waals surface area contributed by atoms with Gasteiger partial charge >= 0.3 is 5.97 Å². The highest BCUT2D eigenvalue weighted by molar-refractivity contribution is 9.10. The third kappa shape index (κ3) is 3.37. The number of benzene rings is 1. The van der Waals surface area contributed by atoms with Crippen LogP contribution in [-0.4, -0.2) is 47.2 Å². The first-order valence-corrected chi connectivity index (χ1v) is 7.14. The third-order valence-electron chi connectivity index (χ3n) is 3.10. The van der Waals surface area contributed by atoms with Crippen molar-refractivity contribution in [2.75, 3.05) is 13.1 Å². The van der Waals surface area contributed by atoms with Gasteiger partial charge in [-0.15, -0.1) is 0 Å². The minimum absolute atomic E-state index is 0.0196. The number of halogens is 1. The first-order valence-electron chi connectivity index (χ1n) is 6.35. The fourth-order valence-electron chi connectivity index (χ4n) is 2.36. The number of aromatic carboxylic acids is 1. The molecule has 2 rings (SSSR count). The molecule has 1 saturated heterocycles. The van der Waals surface area contributed by atoms with E-state index in [4.69, 9.17) is 9.84 Å². The summed E-state index contributed by atoms with van der Waals surface area (Å²) in [6.07, 6.45) is -0.0393. The van der Waals surface area contributed by atoms with Crippen LogP contribution in [0.5, 0.6) is 0 Å². The summed E-state index contributed by atoms with van der Waals surface area (Å²) in [6, 6.07) is 4.52. The molecular weight excluding hydrogens is 326 g/mol. The van der Waals surface area contributed by atoms with E-state index in [1.807, 2.05) is 13.8 Å². The van der Waals surface area contributed by atoms with Crippen LogP contribution in [0.1, 0.15) is 34.6 Å². The molecule has 0 bridgehead atoms. The number of morpholine rings is 1. The maximum absolute atomic E-state index is 12.5. The van der Waals surface area contributed by atoms with E-state index >= 15 is 0 Å². The van der Waals surface area contributed by atoms with Crippen molar-refractivity contribution in [1.82, 2.24) is 4.90 Å². The van der Waals surface area contributed by atoms with E-state index < -0.39 is 5.97 Å². The lowest BCUT2D eigenvalue weighted by molar-refractivity contribution is -0.0586. The Balaban J connectivity index is 2.26. The molecule has 108 valence electrons. The number of carbonyl (C=O) groups is 2. The lowest BCUT2D eigenvalue weighted by Crippen LogP contribution is -2.48. The lowest BCUT2D eigenvalue weighted by Gasteiger charge is -2.35. The second-order valence-electron chi connectivity index (χ2n) is 5.00. The molecule has 5 nitrogen and oxygen atoms in total. The van der Waals surface area contributed by atoms with E-state index in [1.165, 1.54) is 12.1 Å². The summed E-state index contributed by atoms with van der Waals surface area (Å²) in [6.45, 7) is 4.86. The van der Waals surface area contributed by atoms with Crippen LogP contribution in [-0.2, 0) is 4.74 Å². The highest BCUT2D eigenvalue weighted by Gasteiger charge is 2.27. The normalized spacial score (nSPS) is 22.6. The molecule has 2 atom stereocenters. The monoisotopic (exact) mass is 341 g/mol. The number of carbonyl (C=O) groups excluding carboxylic acids is 1. The molecule has 1 N–H and O–H groups in total. The molecule has 0 spiro atoms. The molecule has 1 aromatic carbocycles. The second-order valence-corrected chi connectivity index (χ2v) is 5.92. The Hall–Kier alpha value is -1.40. The van der Waals surface area contributed by atoms with Gasteiger partial charge in [0.2, 0.25) is 0 Å². The van der Waals surface area contributed by atoms with Crippen LogP contribution in [0.2, 0.25) is 0 Å². The maximum atomic E-state index is 12.5. The van der Waals surface area contributed by atoms with Crippen molar-refractivity contribution in [3.05, 3.63) is 33.8 Å². The average molecular weight is 342 g/mol. The van der Waals surface area contributed by atoms with Gasteiger partial charge < -0.3 is 14.7 Å². The van der Waals surface area contributed by atoms with Crippen molar-refractivity contribution in [3.63, 3.8) is 0 Å². The molecule has 1 fully saturated rings. The van der Waals surface area contributed by atoms with Gasteiger partial charge in [-0.2, -0.15) is 0 Å². The first kappa shape index (κ1) is 15.0. The number of amides is 1. The molecule has 1 heterocycles. The minimum Gasteiger partial charge on any atom is -0.478 e. The van der Waals surface area contributed by atoms with E-state index in [2.05, 4.69) is 15.9 Å². The summed E-state index contributed by atoms with van der Waals surface area (Å²) in [4.78, 5) is 25.2. The van der Waals surface area contributed by atoms with E-state index in [-0.39, 0.29) is 23.7 Å². The number of nitrogens with zero attached hydrogens (tertiary/aromatic N) is 1. The van der Waals surface area contributed by atoms with Gasteiger partial charge in [0.15, 0.2) is 0 Å². The molecule has 2 unspecified atom stereocenters. The zero-order valence-electron chi connectivity index (χ0n) is 11.3. The van der Waals surface area contributed by atoms with Gasteiger partial charge in [-0.05, 0) is 32.0 Å². The zero-order valence-corrected chi connectivity index (χ0v) is 12.9. The molecule has 1 aliphatic heterocycles. The van der Waals surface area contributed by atoms with E-state index in [0.717, 1.165) is 0 Å². The molecule has 1 aromatic rings. The summed E-state index contributed by atoms with van der Waals surface area (Å²) in [5.41, 5.74) is 0.468. The van der Waals surface area contributed by atoms with Crippen molar-refractivity contribution in [1.29, 1.82) is 0 Å². The largest absolute Gasteiger partial charge is 0.478 e. The summed E-state index contributed by atoms with van der Waals surface area (Å²) >= 11 is 3.24. The molecule has 0 aliphatic carbocycles. The molecule has 0 saturated carbocycles. The van der Waals surface area contributed by atoms with Gasteiger partial charge in [0.1, 0.15) is 0 Å². The van der Waals surface area contributed by atoms with E-state index in [9.17, 15) is 9.59 Å². The Labute approximate surface area is 125 Å². The van der Waals surface area contributed by atoms with Gasteiger partial charge in [-0.1, -0.05) is 15.9 Å². The smallest absolute Gasteiger partial charge is 0.335 e. The predicted octanol–water partition coefficient (Wildman–Crippen LogP) is 2.40. The van der Waals surface area contributed by atoms with Gasteiger partial charge in [0, 0.05) is 23.1 Å². The minimum atomic E-state index is -1.05. The van der Waals surface area contributed by atoms with Crippen molar-refractivity contribution >= 4 is 27.8 Å². The topological polar surface area (TPSA) is 66.8 Å². The summed E-state index contributed by atoms with van der Waals surface area (Å²) in [5, 5.41) is 9.04. The van der Waals surface area contributed by atoms with E-state index in [0.29, 0.717) is 23.1 Å². The van der Waals surface area contributed by atoms with Gasteiger partial charge in [-0.25, -0.2) is 4.79 Å². The predicted molar refractivity (Wildman–Crippen MR) is 77.0 cm³/mol. The highest BCUT2D eigenvalue weighted by Crippen LogP contribution is 2.19. The zero-order chi connectivity index (χ0) is 14.9. The summed E-state index contributed by atoms with van der Waals surface area (Å²) in [7, 11) is 0. The lowest BCUT2D eigenvalue weighted by atomic mass is 10.1. The fraction of sp³-hybridized carbons (Fsp3) is 0.429. The molecule has 1 amide bonds. The van der Waals surface area contributed by atoms with Crippen molar-refractivity contribution in [2.45, 2.75) is 26.1 Å². The Bertz CT molecular complexity index is 536. The number of hydrogen-bond donors (Lipinski definition) is 1. The van der Waals surface area contributed by atoms with Crippen LogP contribution >= 0.6 is 15.9 Å². The molecule has 1 aliphatic rings. The van der Waals surface area contributed by atoms with E-state index in [1.54, 1.807) is 11.0 Å². The van der Waals surface area contributed by atoms with Crippen LogP contribution in [0.25, 0.3) is 0 Å². The Kier molecular flexibility index (Phi) is 4.45. The molecule has 0 aromatic heterocycles. The molecule has 6 heteroatoms. The SMILES string of the molecule is CC1CN(C(=O)c2cc(Br)cc(C(=O)O)c2)CC(C)O1. The Morgan fingerprint density at radius 3 is 2.30 bits per heavy atom. The molecule has 0 radical (unpaired) electrons. The van der Waals surface area contributed by atoms with Crippen LogP contribution in [0.15, 0.2) is 22.7 Å². The highest BCUT2D eigenvalue weighted by atomic mass is 79.9. The second kappa shape index (κ2) is 5.93. The summed E-state index contributed by atoms with van der Waals surface area (Å²) < 4.78 is 6.17. The van der Waals surface area contributed by atoms with Crippen LogP contribution in [0.4, 0.5) is 0 Å². The van der Waals surface area contributed by atoms with Crippen LogP contribution in [0, 0.1) is 0 Å².